The molecular formula is C33H33N3O7S. The van der Waals surface area contributed by atoms with Crippen molar-refractivity contribution >= 4 is 33.2 Å². The highest BCUT2D eigenvalue weighted by Crippen LogP contribution is 2.33. The van der Waals surface area contributed by atoms with E-state index in [0.717, 1.165) is 5.56 Å². The minimum Gasteiger partial charge on any atom is -0.494 e. The van der Waals surface area contributed by atoms with Gasteiger partial charge in [-0.05, 0) is 79.6 Å². The van der Waals surface area contributed by atoms with Crippen molar-refractivity contribution < 1.29 is 32.2 Å². The second kappa shape index (κ2) is 13.5. The lowest BCUT2D eigenvalue weighted by atomic mass is 10.1. The maximum atomic E-state index is 13.4. The Morgan fingerprint density at radius 2 is 1.66 bits per heavy atom. The highest BCUT2D eigenvalue weighted by molar-refractivity contribution is 7.92. The summed E-state index contributed by atoms with van der Waals surface area (Å²) in [6.45, 7) is 4.09. The SMILES string of the molecule is CCOc1ccc(NS(=O)(=O)c2ccc(OCC(=O)N3CC(C(=O)NCc4ccccc4)Oc4ccccc43)c(C)c2)cc1. The van der Waals surface area contributed by atoms with Crippen LogP contribution in [0.25, 0.3) is 0 Å². The first-order valence-electron chi connectivity index (χ1n) is 14.1. The van der Waals surface area contributed by atoms with Gasteiger partial charge in [-0.3, -0.25) is 14.3 Å². The summed E-state index contributed by atoms with van der Waals surface area (Å²) in [5, 5.41) is 2.87. The number of hydrogen-bond acceptors (Lipinski definition) is 7. The van der Waals surface area contributed by atoms with Gasteiger partial charge in [0, 0.05) is 12.2 Å². The van der Waals surface area contributed by atoms with E-state index < -0.39 is 16.1 Å². The molecule has 2 N–H and O–H groups in total. The molecule has 44 heavy (non-hydrogen) atoms. The predicted octanol–water partition coefficient (Wildman–Crippen LogP) is 4.68. The molecule has 228 valence electrons. The molecular weight excluding hydrogens is 582 g/mol. The van der Waals surface area contributed by atoms with Crippen LogP contribution in [-0.4, -0.2) is 46.1 Å². The van der Waals surface area contributed by atoms with Crippen LogP contribution in [0.2, 0.25) is 0 Å². The van der Waals surface area contributed by atoms with Gasteiger partial charge in [-0.1, -0.05) is 42.5 Å². The van der Waals surface area contributed by atoms with Gasteiger partial charge in [0.15, 0.2) is 12.7 Å². The Balaban J connectivity index is 1.23. The van der Waals surface area contributed by atoms with Crippen LogP contribution in [0.15, 0.2) is 102 Å². The number of carbonyl (C=O) groups is 2. The summed E-state index contributed by atoms with van der Waals surface area (Å²) in [5.74, 6) is 0.697. The van der Waals surface area contributed by atoms with E-state index in [4.69, 9.17) is 14.2 Å². The molecule has 0 fully saturated rings. The summed E-state index contributed by atoms with van der Waals surface area (Å²) in [7, 11) is -3.87. The maximum Gasteiger partial charge on any atom is 0.265 e. The highest BCUT2D eigenvalue weighted by Gasteiger charge is 2.34. The predicted molar refractivity (Wildman–Crippen MR) is 167 cm³/mol. The molecule has 11 heteroatoms. The van der Waals surface area contributed by atoms with Gasteiger partial charge in [-0.25, -0.2) is 8.42 Å². The van der Waals surface area contributed by atoms with Crippen LogP contribution in [0.5, 0.6) is 17.2 Å². The summed E-state index contributed by atoms with van der Waals surface area (Å²) in [5.41, 5.74) is 2.41. The molecule has 5 rings (SSSR count). The fraction of sp³-hybridized carbons (Fsp3) is 0.212. The van der Waals surface area contributed by atoms with Gasteiger partial charge in [0.25, 0.3) is 21.8 Å². The quantitative estimate of drug-likeness (QED) is 0.251. The Morgan fingerprint density at radius 3 is 2.39 bits per heavy atom. The number of anilines is 2. The van der Waals surface area contributed by atoms with E-state index in [9.17, 15) is 18.0 Å². The van der Waals surface area contributed by atoms with Crippen LogP contribution in [-0.2, 0) is 26.2 Å². The molecule has 4 aromatic rings. The molecule has 0 bridgehead atoms. The van der Waals surface area contributed by atoms with E-state index >= 15 is 0 Å². The molecule has 1 heterocycles. The zero-order chi connectivity index (χ0) is 31.1. The molecule has 0 aliphatic carbocycles. The highest BCUT2D eigenvalue weighted by atomic mass is 32.2. The van der Waals surface area contributed by atoms with Crippen molar-refractivity contribution in [2.75, 3.05) is 29.4 Å². The normalized spacial score (nSPS) is 14.1. The van der Waals surface area contributed by atoms with E-state index in [-0.39, 0.29) is 29.9 Å². The third-order valence-corrected chi connectivity index (χ3v) is 8.28. The minimum atomic E-state index is -3.87. The van der Waals surface area contributed by atoms with Gasteiger partial charge in [-0.15, -0.1) is 0 Å². The summed E-state index contributed by atoms with van der Waals surface area (Å²) < 4.78 is 45.7. The third-order valence-electron chi connectivity index (χ3n) is 6.90. The van der Waals surface area contributed by atoms with E-state index in [0.29, 0.717) is 47.3 Å². The molecule has 1 atom stereocenters. The molecule has 10 nitrogen and oxygen atoms in total. The monoisotopic (exact) mass is 615 g/mol. The first kappa shape index (κ1) is 30.4. The lowest BCUT2D eigenvalue weighted by molar-refractivity contribution is -0.128. The smallest absolute Gasteiger partial charge is 0.265 e. The number of nitrogens with one attached hydrogen (secondary N) is 2. The van der Waals surface area contributed by atoms with Crippen molar-refractivity contribution in [3.05, 3.63) is 108 Å². The van der Waals surface area contributed by atoms with Crippen LogP contribution >= 0.6 is 0 Å². The average Bonchev–Trinajstić information content (AvgIpc) is 3.03. The van der Waals surface area contributed by atoms with Gasteiger partial charge >= 0.3 is 0 Å². The fourth-order valence-electron chi connectivity index (χ4n) is 4.67. The van der Waals surface area contributed by atoms with Crippen molar-refractivity contribution in [1.82, 2.24) is 5.32 Å². The van der Waals surface area contributed by atoms with Gasteiger partial charge in [0.1, 0.15) is 17.2 Å². The number of sulfonamides is 1. The Bertz CT molecular complexity index is 1730. The molecule has 1 unspecified atom stereocenters. The lowest BCUT2D eigenvalue weighted by Gasteiger charge is -2.34. The van der Waals surface area contributed by atoms with Crippen molar-refractivity contribution in [2.24, 2.45) is 0 Å². The van der Waals surface area contributed by atoms with Crippen LogP contribution < -0.4 is 29.1 Å². The molecule has 1 aliphatic rings. The van der Waals surface area contributed by atoms with Gasteiger partial charge < -0.3 is 24.4 Å². The molecule has 4 aromatic carbocycles. The van der Waals surface area contributed by atoms with Crippen molar-refractivity contribution in [2.45, 2.75) is 31.4 Å². The van der Waals surface area contributed by atoms with E-state index in [2.05, 4.69) is 10.0 Å². The minimum absolute atomic E-state index is 0.00715. The first-order chi connectivity index (χ1) is 21.2. The summed E-state index contributed by atoms with van der Waals surface area (Å²) in [4.78, 5) is 27.9. The second-order valence-electron chi connectivity index (χ2n) is 10.1. The summed E-state index contributed by atoms with van der Waals surface area (Å²) in [6, 6.07) is 27.5. The molecule has 2 amide bonds. The van der Waals surface area contributed by atoms with E-state index in [1.165, 1.54) is 23.1 Å². The van der Waals surface area contributed by atoms with Crippen molar-refractivity contribution in [1.29, 1.82) is 0 Å². The number of nitrogens with zero attached hydrogens (tertiary/aromatic N) is 1. The standard InChI is InChI=1S/C33H33N3O7S/c1-3-41-26-15-13-25(14-16-26)35-44(39,40)27-17-18-29(23(2)19-27)42-22-32(37)36-21-31(43-30-12-8-7-11-28(30)36)33(38)34-20-24-9-5-4-6-10-24/h4-19,31,35H,3,20-22H2,1-2H3,(H,34,38). The number of aryl methyl sites for hydroxylation is 1. The number of benzene rings is 4. The zero-order valence-electron chi connectivity index (χ0n) is 24.4. The molecule has 1 aliphatic heterocycles. The zero-order valence-corrected chi connectivity index (χ0v) is 25.2. The molecule has 0 aromatic heterocycles. The molecule has 0 radical (unpaired) electrons. The number of para-hydroxylation sites is 2. The van der Waals surface area contributed by atoms with Gasteiger partial charge in [-0.2, -0.15) is 0 Å². The van der Waals surface area contributed by atoms with E-state index in [1.807, 2.05) is 37.3 Å². The number of ether oxygens (including phenoxy) is 3. The van der Waals surface area contributed by atoms with Crippen LogP contribution in [0, 0.1) is 6.92 Å². The number of carbonyl (C=O) groups excluding carboxylic acids is 2. The first-order valence-corrected chi connectivity index (χ1v) is 15.6. The van der Waals surface area contributed by atoms with Gasteiger partial charge in [0.2, 0.25) is 0 Å². The number of rotatable bonds is 11. The van der Waals surface area contributed by atoms with Crippen molar-refractivity contribution in [3.8, 4) is 17.2 Å². The Labute approximate surface area is 256 Å². The third kappa shape index (κ3) is 7.30. The summed E-state index contributed by atoms with van der Waals surface area (Å²) >= 11 is 0. The van der Waals surface area contributed by atoms with Crippen LogP contribution in [0.3, 0.4) is 0 Å². The van der Waals surface area contributed by atoms with Crippen molar-refractivity contribution in [3.63, 3.8) is 0 Å². The van der Waals surface area contributed by atoms with Crippen LogP contribution in [0.4, 0.5) is 11.4 Å². The average molecular weight is 616 g/mol. The topological polar surface area (TPSA) is 123 Å². The molecule has 0 spiro atoms. The lowest BCUT2D eigenvalue weighted by Crippen LogP contribution is -2.51. The number of fused-ring (bicyclic) bond motifs is 1. The Morgan fingerprint density at radius 1 is 0.932 bits per heavy atom. The van der Waals surface area contributed by atoms with E-state index in [1.54, 1.807) is 55.5 Å². The number of hydrogen-bond donors (Lipinski definition) is 2. The fourth-order valence-corrected chi connectivity index (χ4v) is 5.82. The second-order valence-corrected chi connectivity index (χ2v) is 11.7. The summed E-state index contributed by atoms with van der Waals surface area (Å²) in [6.07, 6.45) is -0.910. The molecule has 0 saturated heterocycles. The number of amides is 2. The maximum absolute atomic E-state index is 13.4. The van der Waals surface area contributed by atoms with Gasteiger partial charge in [0.05, 0.1) is 23.7 Å². The molecule has 0 saturated carbocycles. The largest absolute Gasteiger partial charge is 0.494 e. The Hall–Kier alpha value is -5.03. The Kier molecular flexibility index (Phi) is 9.35. The van der Waals surface area contributed by atoms with Crippen LogP contribution in [0.1, 0.15) is 18.1 Å².